The number of halogens is 2. The average molecular weight is 246 g/mol. The largest absolute Gasteiger partial charge is 0.478 e. The van der Waals surface area contributed by atoms with Crippen LogP contribution in [0.5, 0.6) is 5.75 Å². The van der Waals surface area contributed by atoms with Crippen molar-refractivity contribution in [2.24, 2.45) is 0 Å². The molecule has 0 N–H and O–H groups in total. The van der Waals surface area contributed by atoms with Gasteiger partial charge in [-0.1, -0.05) is 11.6 Å². The molecule has 0 unspecified atom stereocenters. The van der Waals surface area contributed by atoms with Gasteiger partial charge in [-0.15, -0.1) is 0 Å². The van der Waals surface area contributed by atoms with E-state index in [-0.39, 0.29) is 6.61 Å². The second-order valence-electron chi connectivity index (χ2n) is 2.02. The molecule has 0 bridgehead atoms. The zero-order valence-electron chi connectivity index (χ0n) is 6.05. The van der Waals surface area contributed by atoms with Gasteiger partial charge >= 0.3 is 0 Å². The van der Waals surface area contributed by atoms with Crippen molar-refractivity contribution in [2.45, 2.75) is 0 Å². The first kappa shape index (κ1) is 9.37. The number of benzene rings is 1. The summed E-state index contributed by atoms with van der Waals surface area (Å²) in [6.07, 6.45) is 0. The normalized spacial score (nSPS) is 9.08. The lowest BCUT2D eigenvalue weighted by molar-refractivity contribution is 0.366. The van der Waals surface area contributed by atoms with Gasteiger partial charge in [0, 0.05) is 5.02 Å². The third-order valence-corrected chi connectivity index (χ3v) is 2.04. The van der Waals surface area contributed by atoms with Gasteiger partial charge in [-0.25, -0.2) is 0 Å². The molecule has 0 aliphatic rings. The number of hydrogen-bond acceptors (Lipinski definition) is 2. The Kier molecular flexibility index (Phi) is 3.39. The summed E-state index contributed by atoms with van der Waals surface area (Å²) in [5.41, 5.74) is 0. The maximum absolute atomic E-state index is 8.26. The van der Waals surface area contributed by atoms with Gasteiger partial charge in [0.1, 0.15) is 11.8 Å². The van der Waals surface area contributed by atoms with Crippen LogP contribution in [0.2, 0.25) is 5.02 Å². The van der Waals surface area contributed by atoms with Crippen LogP contribution in [0.1, 0.15) is 0 Å². The van der Waals surface area contributed by atoms with E-state index in [0.29, 0.717) is 10.8 Å². The molecule has 1 aromatic carbocycles. The summed E-state index contributed by atoms with van der Waals surface area (Å²) in [5.74, 6) is 0.626. The Hall–Kier alpha value is -0.720. The lowest BCUT2D eigenvalue weighted by atomic mass is 10.3. The van der Waals surface area contributed by atoms with Gasteiger partial charge in [0.2, 0.25) is 0 Å². The van der Waals surface area contributed by atoms with Crippen LogP contribution in [0.15, 0.2) is 22.7 Å². The van der Waals surface area contributed by atoms with E-state index in [1.807, 2.05) is 6.07 Å². The number of rotatable bonds is 2. The zero-order chi connectivity index (χ0) is 8.97. The van der Waals surface area contributed by atoms with E-state index in [2.05, 4.69) is 15.9 Å². The molecule has 62 valence electrons. The number of nitriles is 1. The highest BCUT2D eigenvalue weighted by Gasteiger charge is 2.00. The molecule has 0 aliphatic heterocycles. The molecule has 1 rings (SSSR count). The molecule has 0 amide bonds. The van der Waals surface area contributed by atoms with Crippen molar-refractivity contribution in [1.29, 1.82) is 5.26 Å². The van der Waals surface area contributed by atoms with Crippen LogP contribution in [0, 0.1) is 11.3 Å². The first-order chi connectivity index (χ1) is 5.74. The number of hydrogen-bond donors (Lipinski definition) is 0. The van der Waals surface area contributed by atoms with Gasteiger partial charge in [-0.3, -0.25) is 0 Å². The number of ether oxygens (including phenoxy) is 1. The van der Waals surface area contributed by atoms with E-state index in [9.17, 15) is 0 Å². The third-order valence-electron chi connectivity index (χ3n) is 1.19. The van der Waals surface area contributed by atoms with Crippen molar-refractivity contribution >= 4 is 27.5 Å². The van der Waals surface area contributed by atoms with Crippen molar-refractivity contribution in [3.8, 4) is 11.8 Å². The summed E-state index contributed by atoms with van der Waals surface area (Å²) in [6.45, 7) is 0.0419. The van der Waals surface area contributed by atoms with E-state index in [1.165, 1.54) is 0 Å². The van der Waals surface area contributed by atoms with Crippen molar-refractivity contribution in [3.63, 3.8) is 0 Å². The molecule has 0 saturated carbocycles. The first-order valence-electron chi connectivity index (χ1n) is 3.19. The zero-order valence-corrected chi connectivity index (χ0v) is 8.39. The smallest absolute Gasteiger partial charge is 0.174 e. The maximum Gasteiger partial charge on any atom is 0.174 e. The molecule has 1 aromatic rings. The van der Waals surface area contributed by atoms with Gasteiger partial charge in [0.05, 0.1) is 4.47 Å². The minimum atomic E-state index is 0.0419. The fourth-order valence-electron chi connectivity index (χ4n) is 0.702. The third kappa shape index (κ3) is 2.40. The highest BCUT2D eigenvalue weighted by atomic mass is 79.9. The summed E-state index contributed by atoms with van der Waals surface area (Å²) in [5, 5.41) is 8.89. The van der Waals surface area contributed by atoms with Crippen molar-refractivity contribution in [3.05, 3.63) is 27.7 Å². The Morgan fingerprint density at radius 3 is 2.92 bits per heavy atom. The van der Waals surface area contributed by atoms with E-state index in [1.54, 1.807) is 18.2 Å². The fourth-order valence-corrected chi connectivity index (χ4v) is 1.50. The lowest BCUT2D eigenvalue weighted by Gasteiger charge is -2.03. The van der Waals surface area contributed by atoms with E-state index >= 15 is 0 Å². The Balaban J connectivity index is 2.81. The quantitative estimate of drug-likeness (QED) is 0.804. The van der Waals surface area contributed by atoms with E-state index in [4.69, 9.17) is 21.6 Å². The molecule has 0 heterocycles. The van der Waals surface area contributed by atoms with Crippen molar-refractivity contribution in [1.82, 2.24) is 0 Å². The Labute approximate surface area is 83.8 Å². The minimum Gasteiger partial charge on any atom is -0.478 e. The minimum absolute atomic E-state index is 0.0419. The lowest BCUT2D eigenvalue weighted by Crippen LogP contribution is -1.93. The second kappa shape index (κ2) is 4.34. The predicted molar refractivity (Wildman–Crippen MR) is 50.3 cm³/mol. The molecular formula is C8H5BrClNO. The molecular weight excluding hydrogens is 241 g/mol. The molecule has 0 spiro atoms. The molecule has 4 heteroatoms. The van der Waals surface area contributed by atoms with Gasteiger partial charge in [-0.2, -0.15) is 5.26 Å². The summed E-state index contributed by atoms with van der Waals surface area (Å²) in [6, 6.07) is 7.02. The van der Waals surface area contributed by atoms with Gasteiger partial charge in [0.25, 0.3) is 0 Å². The Morgan fingerprint density at radius 2 is 2.33 bits per heavy atom. The monoisotopic (exact) mass is 245 g/mol. The van der Waals surface area contributed by atoms with Crippen LogP contribution >= 0.6 is 27.5 Å². The highest BCUT2D eigenvalue weighted by Crippen LogP contribution is 2.27. The molecule has 0 aromatic heterocycles. The maximum atomic E-state index is 8.26. The summed E-state index contributed by atoms with van der Waals surface area (Å²) in [4.78, 5) is 0. The van der Waals surface area contributed by atoms with Gasteiger partial charge < -0.3 is 4.74 Å². The second-order valence-corrected chi connectivity index (χ2v) is 3.31. The van der Waals surface area contributed by atoms with E-state index in [0.717, 1.165) is 4.47 Å². The standard InChI is InChI=1S/C8H5BrClNO/c9-7-5-6(10)1-2-8(7)12-4-3-11/h1-2,5H,4H2. The SMILES string of the molecule is N#CCOc1ccc(Cl)cc1Br. The molecule has 0 atom stereocenters. The average Bonchev–Trinajstić information content (AvgIpc) is 2.03. The highest BCUT2D eigenvalue weighted by molar-refractivity contribution is 9.10. The predicted octanol–water partition coefficient (Wildman–Crippen LogP) is 3.00. The molecule has 0 radical (unpaired) electrons. The van der Waals surface area contributed by atoms with Crippen LogP contribution in [0.3, 0.4) is 0 Å². The fraction of sp³-hybridized carbons (Fsp3) is 0.125. The van der Waals surface area contributed by atoms with Crippen molar-refractivity contribution < 1.29 is 4.74 Å². The Bertz CT molecular complexity index is 321. The molecule has 0 saturated heterocycles. The molecule has 0 aliphatic carbocycles. The van der Waals surface area contributed by atoms with Crippen LogP contribution in [-0.4, -0.2) is 6.61 Å². The van der Waals surface area contributed by atoms with Crippen LogP contribution < -0.4 is 4.74 Å². The Morgan fingerprint density at radius 1 is 1.58 bits per heavy atom. The van der Waals surface area contributed by atoms with Crippen LogP contribution in [0.25, 0.3) is 0 Å². The first-order valence-corrected chi connectivity index (χ1v) is 4.36. The summed E-state index contributed by atoms with van der Waals surface area (Å²) >= 11 is 8.96. The van der Waals surface area contributed by atoms with Gasteiger partial charge in [0.15, 0.2) is 6.61 Å². The molecule has 2 nitrogen and oxygen atoms in total. The van der Waals surface area contributed by atoms with Crippen LogP contribution in [-0.2, 0) is 0 Å². The topological polar surface area (TPSA) is 33.0 Å². The summed E-state index contributed by atoms with van der Waals surface area (Å²) in [7, 11) is 0. The molecule has 12 heavy (non-hydrogen) atoms. The van der Waals surface area contributed by atoms with E-state index < -0.39 is 0 Å². The van der Waals surface area contributed by atoms with Crippen LogP contribution in [0.4, 0.5) is 0 Å². The van der Waals surface area contributed by atoms with Crippen molar-refractivity contribution in [2.75, 3.05) is 6.61 Å². The van der Waals surface area contributed by atoms with Gasteiger partial charge in [-0.05, 0) is 34.1 Å². The molecule has 0 fully saturated rings. The summed E-state index contributed by atoms with van der Waals surface area (Å²) < 4.78 is 5.83. The number of nitrogens with zero attached hydrogens (tertiary/aromatic N) is 1.